The molecule has 0 spiro atoms. The number of carbonyl (C=O) groups excluding carboxylic acids is 2. The van der Waals surface area contributed by atoms with Gasteiger partial charge in [-0.2, -0.15) is 0 Å². The van der Waals surface area contributed by atoms with E-state index < -0.39 is 0 Å². The van der Waals surface area contributed by atoms with Crippen molar-refractivity contribution in [3.63, 3.8) is 0 Å². The third kappa shape index (κ3) is 2.20. The van der Waals surface area contributed by atoms with E-state index in [-0.39, 0.29) is 35.7 Å². The summed E-state index contributed by atoms with van der Waals surface area (Å²) < 4.78 is 0. The van der Waals surface area contributed by atoms with Gasteiger partial charge in [0.15, 0.2) is 0 Å². The molecular weight excluding hydrogens is 254 g/mol. The van der Waals surface area contributed by atoms with Crippen molar-refractivity contribution in [2.45, 2.75) is 44.9 Å². The van der Waals surface area contributed by atoms with E-state index in [1.54, 1.807) is 0 Å². The summed E-state index contributed by atoms with van der Waals surface area (Å²) in [5.74, 6) is -0.316. The highest BCUT2D eigenvalue weighted by Gasteiger charge is 2.49. The molecule has 0 radical (unpaired) electrons. The first-order valence-electron chi connectivity index (χ1n) is 7.78. The number of imide groups is 1. The minimum atomic E-state index is -0.246. The first-order chi connectivity index (χ1) is 9.67. The number of allylic oxidation sites excluding steroid dienone is 2. The molecule has 1 N–H and O–H groups in total. The maximum atomic E-state index is 12.5. The Labute approximate surface area is 119 Å². The molecule has 1 heterocycles. The Kier molecular flexibility index (Phi) is 3.67. The van der Waals surface area contributed by atoms with Crippen LogP contribution in [0.15, 0.2) is 12.2 Å². The second kappa shape index (κ2) is 5.32. The summed E-state index contributed by atoms with van der Waals surface area (Å²) in [5.41, 5.74) is -0.246. The molecule has 1 saturated heterocycles. The molecule has 0 aromatic rings. The fourth-order valence-corrected chi connectivity index (χ4v) is 4.03. The minimum Gasteiger partial charge on any atom is -0.396 e. The third-order valence-electron chi connectivity index (χ3n) is 5.34. The zero-order valence-corrected chi connectivity index (χ0v) is 11.9. The second-order valence-corrected chi connectivity index (χ2v) is 6.64. The normalized spacial score (nSPS) is 32.5. The van der Waals surface area contributed by atoms with E-state index in [1.807, 2.05) is 12.2 Å². The molecule has 3 aliphatic rings. The van der Waals surface area contributed by atoms with Crippen LogP contribution in [0.4, 0.5) is 0 Å². The van der Waals surface area contributed by atoms with Gasteiger partial charge in [0, 0.05) is 12.0 Å². The number of nitrogens with zero attached hydrogens (tertiary/aromatic N) is 1. The second-order valence-electron chi connectivity index (χ2n) is 6.64. The number of fused-ring (bicyclic) bond motifs is 1. The first kappa shape index (κ1) is 13.8. The molecule has 2 atom stereocenters. The average molecular weight is 277 g/mol. The molecule has 0 aromatic carbocycles. The van der Waals surface area contributed by atoms with Crippen molar-refractivity contribution in [1.82, 2.24) is 4.90 Å². The van der Waals surface area contributed by atoms with Gasteiger partial charge < -0.3 is 5.11 Å². The maximum Gasteiger partial charge on any atom is 0.233 e. The predicted octanol–water partition coefficient (Wildman–Crippen LogP) is 1.88. The Balaban J connectivity index is 1.77. The number of aliphatic hydroxyl groups is 1. The van der Waals surface area contributed by atoms with Crippen LogP contribution in [0.5, 0.6) is 0 Å². The maximum absolute atomic E-state index is 12.5. The summed E-state index contributed by atoms with van der Waals surface area (Å²) in [5, 5.41) is 9.77. The molecule has 4 heteroatoms. The monoisotopic (exact) mass is 277 g/mol. The fraction of sp³-hybridized carbons (Fsp3) is 0.750. The predicted molar refractivity (Wildman–Crippen MR) is 74.7 cm³/mol. The molecule has 0 bridgehead atoms. The molecule has 2 fully saturated rings. The molecule has 2 unspecified atom stereocenters. The molecule has 110 valence electrons. The lowest BCUT2D eigenvalue weighted by molar-refractivity contribution is -0.142. The van der Waals surface area contributed by atoms with Crippen LogP contribution < -0.4 is 0 Å². The van der Waals surface area contributed by atoms with Crippen LogP contribution in [-0.2, 0) is 9.59 Å². The van der Waals surface area contributed by atoms with Crippen LogP contribution in [0.3, 0.4) is 0 Å². The third-order valence-corrected chi connectivity index (χ3v) is 5.34. The van der Waals surface area contributed by atoms with Crippen molar-refractivity contribution in [2.75, 3.05) is 13.2 Å². The summed E-state index contributed by atoms with van der Waals surface area (Å²) >= 11 is 0. The van der Waals surface area contributed by atoms with Crippen molar-refractivity contribution in [3.8, 4) is 0 Å². The molecular formula is C16H23NO3. The summed E-state index contributed by atoms with van der Waals surface area (Å²) in [7, 11) is 0. The Morgan fingerprint density at radius 1 is 1.05 bits per heavy atom. The number of aliphatic hydroxyl groups excluding tert-OH is 1. The number of hydrogen-bond donors (Lipinski definition) is 1. The number of carbonyl (C=O) groups is 2. The highest BCUT2D eigenvalue weighted by atomic mass is 16.3. The van der Waals surface area contributed by atoms with E-state index in [4.69, 9.17) is 0 Å². The Morgan fingerprint density at radius 2 is 1.60 bits per heavy atom. The van der Waals surface area contributed by atoms with Gasteiger partial charge in [-0.05, 0) is 25.7 Å². The van der Waals surface area contributed by atoms with Gasteiger partial charge in [0.1, 0.15) is 0 Å². The van der Waals surface area contributed by atoms with Gasteiger partial charge in [0.25, 0.3) is 0 Å². The van der Waals surface area contributed by atoms with Gasteiger partial charge in [-0.3, -0.25) is 14.5 Å². The number of rotatable bonds is 3. The highest BCUT2D eigenvalue weighted by Crippen LogP contribution is 2.41. The fourth-order valence-electron chi connectivity index (χ4n) is 4.03. The zero-order chi connectivity index (χ0) is 14.2. The molecule has 0 aromatic heterocycles. The number of amides is 2. The smallest absolute Gasteiger partial charge is 0.233 e. The molecule has 1 saturated carbocycles. The van der Waals surface area contributed by atoms with E-state index in [1.165, 1.54) is 11.3 Å². The molecule has 3 rings (SSSR count). The van der Waals surface area contributed by atoms with E-state index in [0.29, 0.717) is 19.4 Å². The lowest BCUT2D eigenvalue weighted by Crippen LogP contribution is -2.44. The van der Waals surface area contributed by atoms with Gasteiger partial charge in [-0.1, -0.05) is 31.4 Å². The van der Waals surface area contributed by atoms with Gasteiger partial charge >= 0.3 is 0 Å². The average Bonchev–Trinajstić information content (AvgIpc) is 2.74. The first-order valence-corrected chi connectivity index (χ1v) is 7.78. The van der Waals surface area contributed by atoms with Crippen LogP contribution in [0.2, 0.25) is 0 Å². The van der Waals surface area contributed by atoms with Crippen LogP contribution in [-0.4, -0.2) is 35.0 Å². The van der Waals surface area contributed by atoms with E-state index in [0.717, 1.165) is 25.7 Å². The van der Waals surface area contributed by atoms with Gasteiger partial charge in [0.2, 0.25) is 11.8 Å². The molecule has 4 nitrogen and oxygen atoms in total. The SMILES string of the molecule is O=C1C2CC=CCC2C(=O)N1CC1(CO)CCCCC1. The zero-order valence-electron chi connectivity index (χ0n) is 11.9. The molecule has 2 aliphatic carbocycles. The molecule has 1 aliphatic heterocycles. The van der Waals surface area contributed by atoms with Gasteiger partial charge in [-0.15, -0.1) is 0 Å². The van der Waals surface area contributed by atoms with Crippen LogP contribution in [0, 0.1) is 17.3 Å². The van der Waals surface area contributed by atoms with Crippen molar-refractivity contribution >= 4 is 11.8 Å². The van der Waals surface area contributed by atoms with Crippen LogP contribution in [0.25, 0.3) is 0 Å². The standard InChI is InChI=1S/C16H23NO3/c18-11-16(8-4-1-5-9-16)10-17-14(19)12-6-2-3-7-13(12)15(17)20/h2-3,12-13,18H,1,4-11H2. The number of likely N-dealkylation sites (tertiary alicyclic amines) is 1. The Bertz CT molecular complexity index is 411. The summed E-state index contributed by atoms with van der Waals surface area (Å²) in [6, 6.07) is 0. The van der Waals surface area contributed by atoms with E-state index in [9.17, 15) is 14.7 Å². The summed E-state index contributed by atoms with van der Waals surface area (Å²) in [6.45, 7) is 0.506. The van der Waals surface area contributed by atoms with E-state index in [2.05, 4.69) is 0 Å². The lowest BCUT2D eigenvalue weighted by Gasteiger charge is -2.38. The van der Waals surface area contributed by atoms with Crippen molar-refractivity contribution < 1.29 is 14.7 Å². The van der Waals surface area contributed by atoms with Gasteiger partial charge in [-0.25, -0.2) is 0 Å². The molecule has 2 amide bonds. The Hall–Kier alpha value is -1.16. The topological polar surface area (TPSA) is 57.6 Å². The largest absolute Gasteiger partial charge is 0.396 e. The summed E-state index contributed by atoms with van der Waals surface area (Å²) in [6.07, 6.45) is 10.6. The van der Waals surface area contributed by atoms with Crippen molar-refractivity contribution in [2.24, 2.45) is 17.3 Å². The summed E-state index contributed by atoms with van der Waals surface area (Å²) in [4.78, 5) is 26.4. The number of hydrogen-bond acceptors (Lipinski definition) is 3. The van der Waals surface area contributed by atoms with Crippen LogP contribution in [0.1, 0.15) is 44.9 Å². The quantitative estimate of drug-likeness (QED) is 0.633. The van der Waals surface area contributed by atoms with E-state index >= 15 is 0 Å². The van der Waals surface area contributed by atoms with Crippen molar-refractivity contribution in [3.05, 3.63) is 12.2 Å². The minimum absolute atomic E-state index is 0.0113. The van der Waals surface area contributed by atoms with Crippen molar-refractivity contribution in [1.29, 1.82) is 0 Å². The van der Waals surface area contributed by atoms with Crippen LogP contribution >= 0.6 is 0 Å². The van der Waals surface area contributed by atoms with Gasteiger partial charge in [0.05, 0.1) is 18.4 Å². The Morgan fingerprint density at radius 3 is 2.10 bits per heavy atom. The molecule has 20 heavy (non-hydrogen) atoms. The highest BCUT2D eigenvalue weighted by molar-refractivity contribution is 6.05. The lowest BCUT2D eigenvalue weighted by atomic mass is 9.74.